The maximum absolute atomic E-state index is 12.4. The molecule has 1 aromatic heterocycles. The van der Waals surface area contributed by atoms with Gasteiger partial charge in [0.1, 0.15) is 0 Å². The number of hydrogen-bond donors (Lipinski definition) is 0. The second-order valence-corrected chi connectivity index (χ2v) is 7.14. The fourth-order valence-electron chi connectivity index (χ4n) is 2.09. The van der Waals surface area contributed by atoms with Crippen LogP contribution < -0.4 is 0 Å². The van der Waals surface area contributed by atoms with Gasteiger partial charge in [-0.25, -0.2) is 0 Å². The van der Waals surface area contributed by atoms with E-state index in [2.05, 4.69) is 50.7 Å². The SMILES string of the molecule is CCc1ccc(C(=O)CN(CCN(C)C)CC(C)C)s1. The van der Waals surface area contributed by atoms with Gasteiger partial charge < -0.3 is 4.90 Å². The molecule has 0 aliphatic carbocycles. The molecular weight excluding hydrogens is 268 g/mol. The van der Waals surface area contributed by atoms with Gasteiger partial charge in [-0.3, -0.25) is 9.69 Å². The third kappa shape index (κ3) is 6.16. The van der Waals surface area contributed by atoms with Crippen LogP contribution in [0.1, 0.15) is 35.3 Å². The molecule has 0 N–H and O–H groups in total. The van der Waals surface area contributed by atoms with Gasteiger partial charge in [0.05, 0.1) is 11.4 Å². The number of aryl methyl sites for hydroxylation is 1. The molecule has 0 fully saturated rings. The molecule has 0 spiro atoms. The molecule has 114 valence electrons. The molecule has 3 nitrogen and oxygen atoms in total. The minimum atomic E-state index is 0.258. The minimum absolute atomic E-state index is 0.258. The fraction of sp³-hybridized carbons (Fsp3) is 0.688. The van der Waals surface area contributed by atoms with Crippen molar-refractivity contribution in [3.8, 4) is 0 Å². The van der Waals surface area contributed by atoms with Crippen molar-refractivity contribution in [1.82, 2.24) is 9.80 Å². The Morgan fingerprint density at radius 3 is 2.45 bits per heavy atom. The average Bonchev–Trinajstić information content (AvgIpc) is 2.84. The number of ketones is 1. The van der Waals surface area contributed by atoms with Gasteiger partial charge in [-0.15, -0.1) is 11.3 Å². The van der Waals surface area contributed by atoms with E-state index in [1.54, 1.807) is 11.3 Å². The van der Waals surface area contributed by atoms with Crippen LogP contribution in [0.25, 0.3) is 0 Å². The summed E-state index contributed by atoms with van der Waals surface area (Å²) in [6.07, 6.45) is 1.01. The Morgan fingerprint density at radius 1 is 1.25 bits per heavy atom. The molecule has 0 radical (unpaired) electrons. The molecule has 0 bridgehead atoms. The lowest BCUT2D eigenvalue weighted by atomic mass is 10.2. The van der Waals surface area contributed by atoms with E-state index in [9.17, 15) is 4.79 Å². The van der Waals surface area contributed by atoms with E-state index in [0.29, 0.717) is 12.5 Å². The van der Waals surface area contributed by atoms with Gasteiger partial charge in [-0.05, 0) is 38.6 Å². The van der Waals surface area contributed by atoms with Crippen LogP contribution in [0.3, 0.4) is 0 Å². The van der Waals surface area contributed by atoms with Gasteiger partial charge in [0.2, 0.25) is 0 Å². The summed E-state index contributed by atoms with van der Waals surface area (Å²) < 4.78 is 0. The molecule has 4 heteroatoms. The minimum Gasteiger partial charge on any atom is -0.308 e. The van der Waals surface area contributed by atoms with Crippen molar-refractivity contribution in [2.45, 2.75) is 27.2 Å². The summed E-state index contributed by atoms with van der Waals surface area (Å²) >= 11 is 1.64. The van der Waals surface area contributed by atoms with Crippen LogP contribution in [0.15, 0.2) is 12.1 Å². The highest BCUT2D eigenvalue weighted by atomic mass is 32.1. The first kappa shape index (κ1) is 17.3. The molecule has 1 rings (SSSR count). The third-order valence-electron chi connectivity index (χ3n) is 3.14. The molecule has 0 atom stereocenters. The summed E-state index contributed by atoms with van der Waals surface area (Å²) in [6, 6.07) is 4.05. The zero-order chi connectivity index (χ0) is 15.1. The summed E-state index contributed by atoms with van der Waals surface area (Å²) in [4.78, 5) is 19.0. The number of rotatable bonds is 9. The quantitative estimate of drug-likeness (QED) is 0.655. The molecule has 1 aromatic rings. The van der Waals surface area contributed by atoms with Gasteiger partial charge in [-0.2, -0.15) is 0 Å². The summed E-state index contributed by atoms with van der Waals surface area (Å²) in [5.74, 6) is 0.841. The Hall–Kier alpha value is -0.710. The first-order chi connectivity index (χ1) is 9.42. The van der Waals surface area contributed by atoms with Crippen molar-refractivity contribution in [3.05, 3.63) is 21.9 Å². The lowest BCUT2D eigenvalue weighted by molar-refractivity contribution is 0.0920. The maximum atomic E-state index is 12.4. The normalized spacial score (nSPS) is 11.8. The van der Waals surface area contributed by atoms with E-state index in [0.717, 1.165) is 30.9 Å². The second kappa shape index (κ2) is 8.55. The van der Waals surface area contributed by atoms with Crippen LogP contribution in [-0.4, -0.2) is 55.9 Å². The second-order valence-electron chi connectivity index (χ2n) is 5.97. The Bertz CT molecular complexity index is 412. The van der Waals surface area contributed by atoms with E-state index >= 15 is 0 Å². The molecule has 0 saturated heterocycles. The summed E-state index contributed by atoms with van der Waals surface area (Å²) in [6.45, 7) is 9.98. The van der Waals surface area contributed by atoms with Gasteiger partial charge in [0.25, 0.3) is 0 Å². The van der Waals surface area contributed by atoms with Crippen molar-refractivity contribution in [1.29, 1.82) is 0 Å². The predicted octanol–water partition coefficient (Wildman–Crippen LogP) is 3.01. The number of carbonyl (C=O) groups is 1. The number of thiophene rings is 1. The van der Waals surface area contributed by atoms with E-state index in [-0.39, 0.29) is 5.78 Å². The van der Waals surface area contributed by atoms with Crippen LogP contribution in [0.5, 0.6) is 0 Å². The number of nitrogens with zero attached hydrogens (tertiary/aromatic N) is 2. The maximum Gasteiger partial charge on any atom is 0.186 e. The highest BCUT2D eigenvalue weighted by Gasteiger charge is 2.15. The fourth-order valence-corrected chi connectivity index (χ4v) is 2.97. The zero-order valence-electron chi connectivity index (χ0n) is 13.5. The zero-order valence-corrected chi connectivity index (χ0v) is 14.3. The van der Waals surface area contributed by atoms with Crippen LogP contribution in [0.2, 0.25) is 0 Å². The highest BCUT2D eigenvalue weighted by molar-refractivity contribution is 7.14. The van der Waals surface area contributed by atoms with Crippen LogP contribution in [-0.2, 0) is 6.42 Å². The van der Waals surface area contributed by atoms with Crippen LogP contribution in [0.4, 0.5) is 0 Å². The first-order valence-electron chi connectivity index (χ1n) is 7.41. The summed E-state index contributed by atoms with van der Waals surface area (Å²) in [7, 11) is 4.14. The van der Waals surface area contributed by atoms with E-state index < -0.39 is 0 Å². The molecule has 0 aromatic carbocycles. The summed E-state index contributed by atoms with van der Waals surface area (Å²) in [5.41, 5.74) is 0. The molecule has 0 aliphatic heterocycles. The number of carbonyl (C=O) groups excluding carboxylic acids is 1. The molecule has 1 heterocycles. The average molecular weight is 296 g/mol. The predicted molar refractivity (Wildman–Crippen MR) is 87.9 cm³/mol. The largest absolute Gasteiger partial charge is 0.308 e. The molecular formula is C16H28N2OS. The van der Waals surface area contributed by atoms with E-state index in [1.165, 1.54) is 4.88 Å². The lowest BCUT2D eigenvalue weighted by Crippen LogP contribution is -2.37. The topological polar surface area (TPSA) is 23.6 Å². The van der Waals surface area contributed by atoms with E-state index in [1.807, 2.05) is 6.07 Å². The first-order valence-corrected chi connectivity index (χ1v) is 8.23. The van der Waals surface area contributed by atoms with Gasteiger partial charge in [-0.1, -0.05) is 20.8 Å². The Kier molecular flexibility index (Phi) is 7.41. The van der Waals surface area contributed by atoms with Crippen molar-refractivity contribution < 1.29 is 4.79 Å². The van der Waals surface area contributed by atoms with E-state index in [4.69, 9.17) is 0 Å². The number of hydrogen-bond acceptors (Lipinski definition) is 4. The number of Topliss-reactive ketones (excluding diaryl/α,β-unsaturated/α-hetero) is 1. The Labute approximate surface area is 127 Å². The lowest BCUT2D eigenvalue weighted by Gasteiger charge is -2.24. The Balaban J connectivity index is 2.60. The van der Waals surface area contributed by atoms with Crippen molar-refractivity contribution in [3.63, 3.8) is 0 Å². The van der Waals surface area contributed by atoms with Crippen molar-refractivity contribution >= 4 is 17.1 Å². The molecule has 20 heavy (non-hydrogen) atoms. The third-order valence-corrected chi connectivity index (χ3v) is 4.41. The monoisotopic (exact) mass is 296 g/mol. The van der Waals surface area contributed by atoms with Gasteiger partial charge in [0, 0.05) is 24.5 Å². The summed E-state index contributed by atoms with van der Waals surface area (Å²) in [5, 5.41) is 0. The molecule has 0 unspecified atom stereocenters. The van der Waals surface area contributed by atoms with Crippen LogP contribution in [0, 0.1) is 5.92 Å². The van der Waals surface area contributed by atoms with Gasteiger partial charge >= 0.3 is 0 Å². The van der Waals surface area contributed by atoms with Crippen LogP contribution >= 0.6 is 11.3 Å². The molecule has 0 amide bonds. The smallest absolute Gasteiger partial charge is 0.186 e. The van der Waals surface area contributed by atoms with Gasteiger partial charge in [0.15, 0.2) is 5.78 Å². The number of likely N-dealkylation sites (N-methyl/N-ethyl adjacent to an activating group) is 1. The van der Waals surface area contributed by atoms with Crippen molar-refractivity contribution in [2.75, 3.05) is 40.3 Å². The molecule has 0 aliphatic rings. The van der Waals surface area contributed by atoms with Crippen molar-refractivity contribution in [2.24, 2.45) is 5.92 Å². The Morgan fingerprint density at radius 2 is 1.95 bits per heavy atom. The highest BCUT2D eigenvalue weighted by Crippen LogP contribution is 2.18. The standard InChI is InChI=1S/C16H28N2OS/c1-6-14-7-8-16(20-14)15(19)12-18(11-13(2)3)10-9-17(4)5/h7-8,13H,6,9-12H2,1-5H3. The molecule has 0 saturated carbocycles.